The normalized spacial score (nSPS) is 22.2. The summed E-state index contributed by atoms with van der Waals surface area (Å²) in [5.74, 6) is 0.312. The maximum Gasteiger partial charge on any atom is 0.157 e. The Morgan fingerprint density at radius 3 is 2.48 bits per heavy atom. The van der Waals surface area contributed by atoms with Crippen LogP contribution in [0.4, 0.5) is 4.39 Å². The predicted molar refractivity (Wildman–Crippen MR) is 78.3 cm³/mol. The number of aliphatic hydroxyl groups excluding tert-OH is 1. The molecule has 0 bridgehead atoms. The molecule has 0 radical (unpaired) electrons. The van der Waals surface area contributed by atoms with Crippen LogP contribution in [0.25, 0.3) is 0 Å². The van der Waals surface area contributed by atoms with Crippen molar-refractivity contribution < 1.29 is 14.3 Å². The number of halogens is 1. The number of carbonyl (C=O) groups excluding carboxylic acids is 1. The van der Waals surface area contributed by atoms with Crippen LogP contribution in [0.5, 0.6) is 0 Å². The Morgan fingerprint density at radius 1 is 1.24 bits per heavy atom. The van der Waals surface area contributed by atoms with E-state index in [1.807, 2.05) is 0 Å². The van der Waals surface area contributed by atoms with Crippen molar-refractivity contribution in [2.75, 3.05) is 19.7 Å². The Hall–Kier alpha value is -1.26. The Bertz CT molecular complexity index is 507. The number of ketones is 1. The van der Waals surface area contributed by atoms with Crippen molar-refractivity contribution in [1.82, 2.24) is 4.90 Å². The van der Waals surface area contributed by atoms with E-state index in [2.05, 4.69) is 4.90 Å². The van der Waals surface area contributed by atoms with Gasteiger partial charge in [0.05, 0.1) is 6.04 Å². The molecular formula is C17H22FNO2. The standard InChI is InChI=1S/C17H22FNO2/c18-15-4-2-1-3-14(15)16(17(21)13-5-6-13)19-9-7-12(11-20)8-10-19/h1-4,12-13,16,20H,5-11H2. The lowest BCUT2D eigenvalue weighted by Gasteiger charge is -2.36. The molecule has 1 saturated heterocycles. The molecule has 2 aliphatic rings. The highest BCUT2D eigenvalue weighted by Gasteiger charge is 2.40. The van der Waals surface area contributed by atoms with Crippen molar-refractivity contribution in [3.63, 3.8) is 0 Å². The Morgan fingerprint density at radius 2 is 1.90 bits per heavy atom. The number of piperidine rings is 1. The largest absolute Gasteiger partial charge is 0.396 e. The molecule has 0 aromatic heterocycles. The fourth-order valence-electron chi connectivity index (χ4n) is 3.21. The third-order valence-electron chi connectivity index (χ3n) is 4.72. The minimum absolute atomic E-state index is 0.116. The van der Waals surface area contributed by atoms with Crippen molar-refractivity contribution in [3.8, 4) is 0 Å². The first kappa shape index (κ1) is 14.7. The summed E-state index contributed by atoms with van der Waals surface area (Å²) < 4.78 is 14.2. The molecule has 21 heavy (non-hydrogen) atoms. The topological polar surface area (TPSA) is 40.5 Å². The molecule has 4 heteroatoms. The third kappa shape index (κ3) is 3.16. The van der Waals surface area contributed by atoms with E-state index in [1.165, 1.54) is 6.07 Å². The number of benzene rings is 1. The van der Waals surface area contributed by atoms with Gasteiger partial charge in [-0.1, -0.05) is 18.2 Å². The van der Waals surface area contributed by atoms with Gasteiger partial charge in [0.15, 0.2) is 5.78 Å². The van der Waals surface area contributed by atoms with Crippen LogP contribution in [0.1, 0.15) is 37.3 Å². The second kappa shape index (κ2) is 6.24. The summed E-state index contributed by atoms with van der Waals surface area (Å²) >= 11 is 0. The van der Waals surface area contributed by atoms with E-state index < -0.39 is 6.04 Å². The SMILES string of the molecule is O=C(C1CC1)C(c1ccccc1F)N1CCC(CO)CC1. The van der Waals surface area contributed by atoms with Crippen LogP contribution in [0.2, 0.25) is 0 Å². The van der Waals surface area contributed by atoms with Gasteiger partial charge in [-0.2, -0.15) is 0 Å². The monoisotopic (exact) mass is 291 g/mol. The van der Waals surface area contributed by atoms with Crippen molar-refractivity contribution in [1.29, 1.82) is 0 Å². The molecule has 1 unspecified atom stereocenters. The average molecular weight is 291 g/mol. The molecule has 0 spiro atoms. The smallest absolute Gasteiger partial charge is 0.157 e. The number of hydrogen-bond acceptors (Lipinski definition) is 3. The zero-order valence-electron chi connectivity index (χ0n) is 12.2. The van der Waals surface area contributed by atoms with Crippen LogP contribution in [0.15, 0.2) is 24.3 Å². The van der Waals surface area contributed by atoms with E-state index in [4.69, 9.17) is 0 Å². The molecule has 114 valence electrons. The van der Waals surface area contributed by atoms with Gasteiger partial charge >= 0.3 is 0 Å². The third-order valence-corrected chi connectivity index (χ3v) is 4.72. The molecule has 1 saturated carbocycles. The van der Waals surface area contributed by atoms with E-state index in [-0.39, 0.29) is 24.1 Å². The second-order valence-electron chi connectivity index (χ2n) is 6.26. The molecule has 2 fully saturated rings. The first-order chi connectivity index (χ1) is 10.2. The van der Waals surface area contributed by atoms with Crippen LogP contribution in [0.3, 0.4) is 0 Å². The highest BCUT2D eigenvalue weighted by molar-refractivity contribution is 5.89. The molecule has 1 atom stereocenters. The molecule has 3 nitrogen and oxygen atoms in total. The van der Waals surface area contributed by atoms with Gasteiger partial charge in [-0.3, -0.25) is 9.69 Å². The lowest BCUT2D eigenvalue weighted by molar-refractivity contribution is -0.126. The Balaban J connectivity index is 1.83. The maximum absolute atomic E-state index is 14.2. The van der Waals surface area contributed by atoms with Crippen molar-refractivity contribution in [2.24, 2.45) is 11.8 Å². The summed E-state index contributed by atoms with van der Waals surface area (Å²) in [5.41, 5.74) is 0.511. The summed E-state index contributed by atoms with van der Waals surface area (Å²) in [6, 6.07) is 6.18. The van der Waals surface area contributed by atoms with Gasteiger partial charge in [-0.15, -0.1) is 0 Å². The Kier molecular flexibility index (Phi) is 4.36. The van der Waals surface area contributed by atoms with E-state index >= 15 is 0 Å². The first-order valence-electron chi connectivity index (χ1n) is 7.83. The highest BCUT2D eigenvalue weighted by Crippen LogP contribution is 2.38. The number of likely N-dealkylation sites (tertiary alicyclic amines) is 1. The number of Topliss-reactive ketones (excluding diaryl/α,β-unsaturated/α-hetero) is 1. The number of aliphatic hydroxyl groups is 1. The van der Waals surface area contributed by atoms with Crippen LogP contribution >= 0.6 is 0 Å². The van der Waals surface area contributed by atoms with E-state index in [1.54, 1.807) is 18.2 Å². The molecule has 0 amide bonds. The minimum atomic E-state index is -0.446. The molecule has 1 heterocycles. The van der Waals surface area contributed by atoms with E-state index in [0.29, 0.717) is 11.5 Å². The van der Waals surface area contributed by atoms with Crippen LogP contribution < -0.4 is 0 Å². The maximum atomic E-state index is 14.2. The van der Waals surface area contributed by atoms with Gasteiger partial charge < -0.3 is 5.11 Å². The van der Waals surface area contributed by atoms with Gasteiger partial charge in [0, 0.05) is 18.1 Å². The fourth-order valence-corrected chi connectivity index (χ4v) is 3.21. The summed E-state index contributed by atoms with van der Waals surface area (Å²) in [7, 11) is 0. The zero-order chi connectivity index (χ0) is 14.8. The summed E-state index contributed by atoms with van der Waals surface area (Å²) in [5, 5.41) is 9.24. The van der Waals surface area contributed by atoms with Crippen LogP contribution in [0, 0.1) is 17.7 Å². The Labute approximate surface area is 124 Å². The number of nitrogens with zero attached hydrogens (tertiary/aromatic N) is 1. The van der Waals surface area contributed by atoms with Crippen LogP contribution in [-0.4, -0.2) is 35.5 Å². The number of carbonyl (C=O) groups is 1. The van der Waals surface area contributed by atoms with Gasteiger partial charge in [0.25, 0.3) is 0 Å². The van der Waals surface area contributed by atoms with E-state index in [0.717, 1.165) is 38.8 Å². The molecule has 1 aliphatic carbocycles. The second-order valence-corrected chi connectivity index (χ2v) is 6.26. The van der Waals surface area contributed by atoms with Gasteiger partial charge in [0.1, 0.15) is 5.82 Å². The average Bonchev–Trinajstić information content (AvgIpc) is 3.35. The predicted octanol–water partition coefficient (Wildman–Crippen LogP) is 2.55. The summed E-state index contributed by atoms with van der Waals surface area (Å²) in [6.07, 6.45) is 3.63. The quantitative estimate of drug-likeness (QED) is 0.906. The van der Waals surface area contributed by atoms with Crippen molar-refractivity contribution in [3.05, 3.63) is 35.6 Å². The first-order valence-corrected chi connectivity index (χ1v) is 7.83. The molecule has 1 aliphatic heterocycles. The molecule has 1 aromatic rings. The van der Waals surface area contributed by atoms with Crippen molar-refractivity contribution >= 4 is 5.78 Å². The van der Waals surface area contributed by atoms with Gasteiger partial charge in [-0.05, 0) is 50.8 Å². The lowest BCUT2D eigenvalue weighted by Crippen LogP contribution is -2.41. The molecule has 3 rings (SSSR count). The molecular weight excluding hydrogens is 269 g/mol. The zero-order valence-corrected chi connectivity index (χ0v) is 12.2. The lowest BCUT2D eigenvalue weighted by atomic mass is 9.92. The molecule has 1 aromatic carbocycles. The number of rotatable bonds is 5. The van der Waals surface area contributed by atoms with Gasteiger partial charge in [0.2, 0.25) is 0 Å². The molecule has 1 N–H and O–H groups in total. The highest BCUT2D eigenvalue weighted by atomic mass is 19.1. The summed E-state index contributed by atoms with van der Waals surface area (Å²) in [4.78, 5) is 14.8. The minimum Gasteiger partial charge on any atom is -0.396 e. The summed E-state index contributed by atoms with van der Waals surface area (Å²) in [6.45, 7) is 1.71. The number of hydrogen-bond donors (Lipinski definition) is 1. The van der Waals surface area contributed by atoms with E-state index in [9.17, 15) is 14.3 Å². The fraction of sp³-hybridized carbons (Fsp3) is 0.588. The van der Waals surface area contributed by atoms with Crippen molar-refractivity contribution in [2.45, 2.75) is 31.7 Å². The van der Waals surface area contributed by atoms with Crippen LogP contribution in [-0.2, 0) is 4.79 Å². The van der Waals surface area contributed by atoms with Gasteiger partial charge in [-0.25, -0.2) is 4.39 Å².